The summed E-state index contributed by atoms with van der Waals surface area (Å²) in [6.45, 7) is 0.798. The van der Waals surface area contributed by atoms with Gasteiger partial charge in [-0.2, -0.15) is 0 Å². The Hall–Kier alpha value is -3.40. The zero-order chi connectivity index (χ0) is 18.6. The second-order valence-corrected chi connectivity index (χ2v) is 6.40. The first-order chi connectivity index (χ1) is 13.2. The minimum atomic E-state index is -0.220. The van der Waals surface area contributed by atoms with Gasteiger partial charge in [-0.3, -0.25) is 14.5 Å². The summed E-state index contributed by atoms with van der Waals surface area (Å²) in [4.78, 5) is 25.9. The Balaban J connectivity index is 1.30. The summed E-state index contributed by atoms with van der Waals surface area (Å²) < 4.78 is 5.76. The number of rotatable bonds is 6. The second kappa shape index (κ2) is 7.46. The molecular weight excluding hydrogens is 338 g/mol. The van der Waals surface area contributed by atoms with Crippen LogP contribution in [0.3, 0.4) is 0 Å². The molecule has 0 aromatic heterocycles. The predicted octanol–water partition coefficient (Wildman–Crippen LogP) is 4.42. The number of ether oxygens (including phenoxy) is 1. The van der Waals surface area contributed by atoms with Crippen LogP contribution in [0.15, 0.2) is 78.9 Å². The van der Waals surface area contributed by atoms with Crippen molar-refractivity contribution in [2.24, 2.45) is 0 Å². The normalized spacial score (nSPS) is 13.0. The average molecular weight is 357 g/mol. The van der Waals surface area contributed by atoms with Crippen molar-refractivity contribution in [1.29, 1.82) is 0 Å². The van der Waals surface area contributed by atoms with Crippen LogP contribution in [0.4, 0.5) is 0 Å². The van der Waals surface area contributed by atoms with Crippen LogP contribution in [-0.2, 0) is 0 Å². The van der Waals surface area contributed by atoms with Gasteiger partial charge >= 0.3 is 0 Å². The molecule has 0 spiro atoms. The second-order valence-electron chi connectivity index (χ2n) is 6.40. The molecule has 1 aliphatic rings. The maximum atomic E-state index is 12.3. The van der Waals surface area contributed by atoms with Crippen LogP contribution in [0.5, 0.6) is 5.75 Å². The van der Waals surface area contributed by atoms with E-state index in [0.717, 1.165) is 16.9 Å². The molecule has 27 heavy (non-hydrogen) atoms. The van der Waals surface area contributed by atoms with Gasteiger partial charge in [0.2, 0.25) is 0 Å². The molecule has 0 unspecified atom stereocenters. The van der Waals surface area contributed by atoms with E-state index in [2.05, 4.69) is 12.1 Å². The molecule has 0 radical (unpaired) electrons. The lowest BCUT2D eigenvalue weighted by molar-refractivity contribution is 0.0647. The Bertz CT molecular complexity index is 929. The molecule has 0 saturated heterocycles. The molecule has 4 nitrogen and oxygen atoms in total. The van der Waals surface area contributed by atoms with E-state index in [0.29, 0.717) is 30.7 Å². The third-order valence-electron chi connectivity index (χ3n) is 4.63. The zero-order valence-corrected chi connectivity index (χ0v) is 14.8. The Kier molecular flexibility index (Phi) is 4.71. The van der Waals surface area contributed by atoms with E-state index < -0.39 is 0 Å². The third-order valence-corrected chi connectivity index (χ3v) is 4.63. The van der Waals surface area contributed by atoms with Crippen molar-refractivity contribution in [2.75, 3.05) is 13.2 Å². The minimum Gasteiger partial charge on any atom is -0.494 e. The number of benzene rings is 3. The summed E-state index contributed by atoms with van der Waals surface area (Å²) in [6.07, 6.45) is 0.589. The average Bonchev–Trinajstić information content (AvgIpc) is 2.97. The van der Waals surface area contributed by atoms with Crippen molar-refractivity contribution in [3.8, 4) is 16.9 Å². The maximum absolute atomic E-state index is 12.3. The molecule has 1 heterocycles. The van der Waals surface area contributed by atoms with Gasteiger partial charge in [0.15, 0.2) is 0 Å². The van der Waals surface area contributed by atoms with E-state index in [-0.39, 0.29) is 11.8 Å². The number of carbonyl (C=O) groups is 2. The fraction of sp³-hybridized carbons (Fsp3) is 0.130. The van der Waals surface area contributed by atoms with Gasteiger partial charge in [0.05, 0.1) is 17.7 Å². The monoisotopic (exact) mass is 357 g/mol. The number of nitrogens with zero attached hydrogens (tertiary/aromatic N) is 1. The van der Waals surface area contributed by atoms with Crippen LogP contribution in [0.2, 0.25) is 0 Å². The largest absolute Gasteiger partial charge is 0.494 e. The molecular formula is C23H19NO3. The molecule has 0 N–H and O–H groups in total. The highest BCUT2D eigenvalue weighted by molar-refractivity contribution is 6.21. The van der Waals surface area contributed by atoms with Gasteiger partial charge in [0.25, 0.3) is 11.8 Å². The van der Waals surface area contributed by atoms with Gasteiger partial charge in [0, 0.05) is 6.54 Å². The van der Waals surface area contributed by atoms with E-state index in [9.17, 15) is 9.59 Å². The van der Waals surface area contributed by atoms with Crippen LogP contribution >= 0.6 is 0 Å². The van der Waals surface area contributed by atoms with Crippen LogP contribution in [0.25, 0.3) is 11.1 Å². The number of amides is 2. The number of hydrogen-bond donors (Lipinski definition) is 0. The van der Waals surface area contributed by atoms with E-state index in [1.165, 1.54) is 4.90 Å². The van der Waals surface area contributed by atoms with Crippen LogP contribution in [0.1, 0.15) is 27.1 Å². The van der Waals surface area contributed by atoms with Crippen molar-refractivity contribution >= 4 is 11.8 Å². The number of fused-ring (bicyclic) bond motifs is 1. The maximum Gasteiger partial charge on any atom is 0.261 e. The zero-order valence-electron chi connectivity index (χ0n) is 14.8. The third kappa shape index (κ3) is 3.47. The number of hydrogen-bond acceptors (Lipinski definition) is 3. The Morgan fingerprint density at radius 1 is 0.667 bits per heavy atom. The molecule has 0 saturated carbocycles. The summed E-state index contributed by atoms with van der Waals surface area (Å²) in [7, 11) is 0. The summed E-state index contributed by atoms with van der Waals surface area (Å²) in [6, 6.07) is 25.0. The first-order valence-electron chi connectivity index (χ1n) is 8.97. The number of imide groups is 1. The lowest BCUT2D eigenvalue weighted by atomic mass is 10.1. The molecule has 3 aromatic rings. The van der Waals surface area contributed by atoms with Gasteiger partial charge < -0.3 is 4.74 Å². The molecule has 0 aliphatic carbocycles. The number of carbonyl (C=O) groups excluding carboxylic acids is 2. The van der Waals surface area contributed by atoms with E-state index in [1.54, 1.807) is 24.3 Å². The lowest BCUT2D eigenvalue weighted by Crippen LogP contribution is -2.31. The standard InChI is InChI=1S/C23H19NO3/c25-22-20-9-4-5-10-21(20)23(26)24(22)15-6-16-27-19-13-11-18(12-14-19)17-7-2-1-3-8-17/h1-5,7-14H,6,15-16H2. The van der Waals surface area contributed by atoms with Crippen molar-refractivity contribution in [2.45, 2.75) is 6.42 Å². The van der Waals surface area contributed by atoms with Gasteiger partial charge in [-0.15, -0.1) is 0 Å². The molecule has 134 valence electrons. The highest BCUT2D eigenvalue weighted by atomic mass is 16.5. The Labute approximate surface area is 158 Å². The molecule has 1 aliphatic heterocycles. The molecule has 0 atom stereocenters. The summed E-state index contributed by atoms with van der Waals surface area (Å²) in [5.41, 5.74) is 3.27. The molecule has 0 bridgehead atoms. The summed E-state index contributed by atoms with van der Waals surface area (Å²) >= 11 is 0. The molecule has 2 amide bonds. The van der Waals surface area contributed by atoms with Crippen LogP contribution in [0, 0.1) is 0 Å². The first kappa shape index (κ1) is 17.0. The summed E-state index contributed by atoms with van der Waals surface area (Å²) in [5, 5.41) is 0. The highest BCUT2D eigenvalue weighted by Gasteiger charge is 2.34. The summed E-state index contributed by atoms with van der Waals surface area (Å²) in [5.74, 6) is 0.336. The van der Waals surface area contributed by atoms with Gasteiger partial charge in [0.1, 0.15) is 5.75 Å². The van der Waals surface area contributed by atoms with Crippen molar-refractivity contribution in [3.63, 3.8) is 0 Å². The SMILES string of the molecule is O=C1c2ccccc2C(=O)N1CCCOc1ccc(-c2ccccc2)cc1. The van der Waals surface area contributed by atoms with Crippen molar-refractivity contribution < 1.29 is 14.3 Å². The molecule has 4 rings (SSSR count). The van der Waals surface area contributed by atoms with Crippen molar-refractivity contribution in [1.82, 2.24) is 4.90 Å². The Morgan fingerprint density at radius 3 is 1.85 bits per heavy atom. The van der Waals surface area contributed by atoms with Crippen LogP contribution in [-0.4, -0.2) is 29.9 Å². The topological polar surface area (TPSA) is 46.6 Å². The molecule has 4 heteroatoms. The quantitative estimate of drug-likeness (QED) is 0.485. The molecule has 0 fully saturated rings. The van der Waals surface area contributed by atoms with Gasteiger partial charge in [-0.25, -0.2) is 0 Å². The highest BCUT2D eigenvalue weighted by Crippen LogP contribution is 2.24. The minimum absolute atomic E-state index is 0.220. The van der Waals surface area contributed by atoms with E-state index in [4.69, 9.17) is 4.74 Å². The smallest absolute Gasteiger partial charge is 0.261 e. The lowest BCUT2D eigenvalue weighted by Gasteiger charge is -2.14. The fourth-order valence-corrected chi connectivity index (χ4v) is 3.23. The fourth-order valence-electron chi connectivity index (χ4n) is 3.23. The van der Waals surface area contributed by atoms with Gasteiger partial charge in [-0.05, 0) is 41.8 Å². The Morgan fingerprint density at radius 2 is 1.22 bits per heavy atom. The van der Waals surface area contributed by atoms with Gasteiger partial charge in [-0.1, -0.05) is 54.6 Å². The van der Waals surface area contributed by atoms with E-state index >= 15 is 0 Å². The predicted molar refractivity (Wildman–Crippen MR) is 104 cm³/mol. The van der Waals surface area contributed by atoms with Crippen molar-refractivity contribution in [3.05, 3.63) is 90.0 Å². The molecule has 3 aromatic carbocycles. The van der Waals surface area contributed by atoms with Crippen LogP contribution < -0.4 is 4.74 Å². The first-order valence-corrected chi connectivity index (χ1v) is 8.97. The van der Waals surface area contributed by atoms with E-state index in [1.807, 2.05) is 42.5 Å².